The molecule has 2 aliphatic rings. The van der Waals surface area contributed by atoms with Gasteiger partial charge in [0.05, 0.1) is 29.3 Å². The van der Waals surface area contributed by atoms with E-state index in [4.69, 9.17) is 30.4 Å². The van der Waals surface area contributed by atoms with Crippen molar-refractivity contribution in [1.29, 1.82) is 5.26 Å². The van der Waals surface area contributed by atoms with Crippen molar-refractivity contribution in [2.45, 2.75) is 117 Å². The van der Waals surface area contributed by atoms with Gasteiger partial charge in [-0.2, -0.15) is 9.64 Å². The largest absolute Gasteiger partial charge is 0.489 e. The van der Waals surface area contributed by atoms with Crippen LogP contribution in [0.5, 0.6) is 5.75 Å². The highest BCUT2D eigenvalue weighted by atomic mass is 35.5. The van der Waals surface area contributed by atoms with Gasteiger partial charge in [0.25, 0.3) is 0 Å². The maximum atomic E-state index is 13.0. The summed E-state index contributed by atoms with van der Waals surface area (Å²) >= 11 is 9.49. The molecule has 6 aromatic rings. The van der Waals surface area contributed by atoms with Crippen molar-refractivity contribution in [1.82, 2.24) is 29.4 Å². The van der Waals surface area contributed by atoms with Crippen molar-refractivity contribution in [3.8, 4) is 54.9 Å². The van der Waals surface area contributed by atoms with Crippen LogP contribution < -0.4 is 4.74 Å². The molecule has 0 radical (unpaired) electrons. The van der Waals surface area contributed by atoms with E-state index in [-0.39, 0.29) is 19.1 Å². The number of nitrogens with zero attached hydrogens (tertiary/aromatic N) is 7. The number of halogens is 1. The Bertz CT molecular complexity index is 2820. The predicted octanol–water partition coefficient (Wildman–Crippen LogP) is 12.6. The lowest BCUT2D eigenvalue weighted by Crippen LogP contribution is -2.38. The molecule has 8 rings (SSSR count). The van der Waals surface area contributed by atoms with E-state index in [1.807, 2.05) is 38.1 Å². The Morgan fingerprint density at radius 1 is 0.786 bits per heavy atom. The van der Waals surface area contributed by atoms with Crippen LogP contribution in [0.25, 0.3) is 43.1 Å². The fourth-order valence-electron chi connectivity index (χ4n) is 10.2. The van der Waals surface area contributed by atoms with E-state index < -0.39 is 11.9 Å². The minimum Gasteiger partial charge on any atom is -0.489 e. The Balaban J connectivity index is 0.773. The highest BCUT2D eigenvalue weighted by Gasteiger charge is 2.28. The van der Waals surface area contributed by atoms with Gasteiger partial charge in [-0.3, -0.25) is 14.5 Å². The molecule has 4 aromatic carbocycles. The topological polar surface area (TPSA) is 134 Å². The molecule has 0 aliphatic carbocycles. The van der Waals surface area contributed by atoms with E-state index in [0.717, 1.165) is 121 Å². The van der Waals surface area contributed by atoms with Crippen LogP contribution in [0, 0.1) is 17.2 Å². The number of benzene rings is 4. The van der Waals surface area contributed by atoms with Crippen LogP contribution in [0.1, 0.15) is 125 Å². The van der Waals surface area contributed by atoms with Crippen molar-refractivity contribution in [3.63, 3.8) is 0 Å². The molecule has 366 valence electrons. The number of likely N-dealkylation sites (tertiary alicyclic amines) is 2. The molecular formula is C56H64ClN7O4S2. The monoisotopic (exact) mass is 997 g/mol. The highest BCUT2D eigenvalue weighted by molar-refractivity contribution is 7.18. The minimum atomic E-state index is -0.475. The Kier molecular flexibility index (Phi) is 17.3. The van der Waals surface area contributed by atoms with Gasteiger partial charge in [-0.05, 0) is 179 Å². The summed E-state index contributed by atoms with van der Waals surface area (Å²) in [6.07, 6.45) is 7.40. The average molecular weight is 999 g/mol. The Hall–Kier alpha value is -5.36. The fraction of sp³-hybridized carbons (Fsp3) is 0.446. The highest BCUT2D eigenvalue weighted by Crippen LogP contribution is 2.40. The van der Waals surface area contributed by atoms with Gasteiger partial charge >= 0.3 is 11.9 Å². The van der Waals surface area contributed by atoms with Crippen molar-refractivity contribution < 1.29 is 19.1 Å². The van der Waals surface area contributed by atoms with Crippen LogP contribution in [-0.2, 0) is 33.6 Å². The van der Waals surface area contributed by atoms with E-state index >= 15 is 0 Å². The lowest BCUT2D eigenvalue weighted by Gasteiger charge is -2.33. The molecule has 2 saturated heterocycles. The van der Waals surface area contributed by atoms with Gasteiger partial charge in [0, 0.05) is 28.7 Å². The van der Waals surface area contributed by atoms with Gasteiger partial charge in [-0.25, -0.2) is 4.98 Å². The van der Waals surface area contributed by atoms with Gasteiger partial charge in [0.2, 0.25) is 0 Å². The molecule has 2 aliphatic heterocycles. The molecule has 0 saturated carbocycles. The molecule has 0 amide bonds. The van der Waals surface area contributed by atoms with Crippen LogP contribution >= 0.6 is 34.5 Å². The van der Waals surface area contributed by atoms with E-state index in [9.17, 15) is 14.9 Å². The maximum absolute atomic E-state index is 13.0. The lowest BCUT2D eigenvalue weighted by atomic mass is 9.84. The quantitative estimate of drug-likeness (QED) is 0.0601. The molecular weight excluding hydrogens is 934 g/mol. The average Bonchev–Trinajstić information content (AvgIpc) is 4.06. The van der Waals surface area contributed by atoms with Crippen molar-refractivity contribution in [2.75, 3.05) is 39.3 Å². The maximum Gasteiger partial charge on any atom is 0.327 e. The second kappa shape index (κ2) is 23.7. The zero-order valence-electron chi connectivity index (χ0n) is 41.3. The summed E-state index contributed by atoms with van der Waals surface area (Å²) in [5.41, 5.74) is 11.1. The summed E-state index contributed by atoms with van der Waals surface area (Å²) < 4.78 is 15.9. The molecule has 0 bridgehead atoms. The van der Waals surface area contributed by atoms with Crippen LogP contribution in [0.3, 0.4) is 0 Å². The van der Waals surface area contributed by atoms with E-state index in [2.05, 4.69) is 102 Å². The van der Waals surface area contributed by atoms with Crippen LogP contribution in [0.15, 0.2) is 72.8 Å². The zero-order chi connectivity index (χ0) is 49.3. The van der Waals surface area contributed by atoms with Gasteiger partial charge in [-0.1, -0.05) is 99.2 Å². The summed E-state index contributed by atoms with van der Waals surface area (Å²) in [4.78, 5) is 35.3. The molecule has 14 heteroatoms. The van der Waals surface area contributed by atoms with E-state index in [1.165, 1.54) is 33.8 Å². The first-order chi connectivity index (χ1) is 33.9. The fourth-order valence-corrected chi connectivity index (χ4v) is 12.0. The summed E-state index contributed by atoms with van der Waals surface area (Å²) in [7, 11) is 0. The smallest absolute Gasteiger partial charge is 0.327 e. The summed E-state index contributed by atoms with van der Waals surface area (Å²) in [6, 6.07) is 27.2. The van der Waals surface area contributed by atoms with Crippen molar-refractivity contribution in [2.24, 2.45) is 5.92 Å². The normalized spacial score (nSPS) is 15.1. The van der Waals surface area contributed by atoms with Gasteiger partial charge in [0.15, 0.2) is 5.82 Å². The first-order valence-electron chi connectivity index (χ1n) is 25.0. The third-order valence-corrected chi connectivity index (χ3v) is 15.7. The lowest BCUT2D eigenvalue weighted by molar-refractivity contribution is -0.160. The number of hydrogen-bond acceptors (Lipinski definition) is 13. The SMILES string of the molecule is CCc1c(-c2nsc(-c3ccc(OC(C)C)c(Cl)c3)n2)cccc1C1CCN(CC(=O)OC(=O)CCCN2CCC(c3cccc(-c4nnc(-c5ccc(CC(C)C)c(C#N)c5)s4)c3CC)CC2)CC1. The molecule has 4 heterocycles. The summed E-state index contributed by atoms with van der Waals surface area (Å²) in [5, 5.41) is 22.1. The molecule has 11 nitrogen and oxygen atoms in total. The molecule has 0 atom stereocenters. The van der Waals surface area contributed by atoms with Crippen LogP contribution in [0.2, 0.25) is 5.02 Å². The van der Waals surface area contributed by atoms with Gasteiger partial charge < -0.3 is 14.4 Å². The predicted molar refractivity (Wildman–Crippen MR) is 282 cm³/mol. The van der Waals surface area contributed by atoms with Crippen LogP contribution in [-0.4, -0.2) is 86.7 Å². The first kappa shape index (κ1) is 51.0. The number of hydrogen-bond donors (Lipinski definition) is 0. The molecule has 70 heavy (non-hydrogen) atoms. The van der Waals surface area contributed by atoms with Gasteiger partial charge in [-0.15, -0.1) is 10.2 Å². The zero-order valence-corrected chi connectivity index (χ0v) is 43.7. The second-order valence-electron chi connectivity index (χ2n) is 19.3. The number of rotatable bonds is 18. The number of aromatic nitrogens is 4. The molecule has 0 N–H and O–H groups in total. The second-order valence-corrected chi connectivity index (χ2v) is 21.4. The van der Waals surface area contributed by atoms with Crippen molar-refractivity contribution >= 4 is 46.4 Å². The third kappa shape index (κ3) is 12.4. The number of nitriles is 1. The van der Waals surface area contributed by atoms with Crippen molar-refractivity contribution in [3.05, 3.63) is 111 Å². The molecule has 0 spiro atoms. The number of carbonyl (C=O) groups is 2. The van der Waals surface area contributed by atoms with Gasteiger partial charge in [0.1, 0.15) is 20.8 Å². The third-order valence-electron chi connectivity index (χ3n) is 13.6. The first-order valence-corrected chi connectivity index (χ1v) is 27.0. The Morgan fingerprint density at radius 3 is 2.06 bits per heavy atom. The summed E-state index contributed by atoms with van der Waals surface area (Å²) in [6.45, 7) is 17.0. The molecule has 2 fully saturated rings. The van der Waals surface area contributed by atoms with Crippen LogP contribution in [0.4, 0.5) is 0 Å². The Labute approximate surface area is 426 Å². The number of esters is 2. The standard InChI is InChI=1S/C56H64ClN7O4S2/c1-7-43-45(12-9-14-47(43)53-59-54(70-62-53)41-19-20-50(49(57)32-41)67-36(5)6)38-23-28-64(29-24-38)34-52(66)68-51(65)16-11-25-63-26-21-37(22-27-63)46-13-10-15-48(44(46)8-2)56-61-60-55(69-56)40-18-17-39(30-35(3)4)42(31-40)33-58/h9-10,12-15,17-20,31-32,35-38H,7-8,11,16,21-30,34H2,1-6H3. The molecule has 2 aromatic heterocycles. The number of piperidine rings is 2. The number of carbonyl (C=O) groups excluding carboxylic acids is 2. The van der Waals surface area contributed by atoms with E-state index in [1.54, 1.807) is 11.3 Å². The minimum absolute atomic E-state index is 0.0301. The Morgan fingerprint density at radius 2 is 1.41 bits per heavy atom. The summed E-state index contributed by atoms with van der Waals surface area (Å²) in [5.74, 6) is 1.70. The number of ether oxygens (including phenoxy) is 2. The molecule has 0 unspecified atom stereocenters. The van der Waals surface area contributed by atoms with E-state index in [0.29, 0.717) is 46.3 Å².